The van der Waals surface area contributed by atoms with Crippen LogP contribution in [0.25, 0.3) is 0 Å². The minimum Gasteiger partial charge on any atom is -0.304 e. The Labute approximate surface area is 111 Å². The van der Waals surface area contributed by atoms with Gasteiger partial charge in [0.2, 0.25) is 0 Å². The molecule has 0 radical (unpaired) electrons. The molecule has 1 aliphatic heterocycles. The Bertz CT molecular complexity index is 280. The SMILES string of the molecule is C#C.C/C(Cl)=C\C=C(/C)CN1CCN(C)CC1. The zero-order chi connectivity index (χ0) is 13.3. The number of hydrogen-bond acceptors (Lipinski definition) is 2. The number of rotatable bonds is 3. The molecule has 17 heavy (non-hydrogen) atoms. The van der Waals surface area contributed by atoms with Gasteiger partial charge in [-0.25, -0.2) is 0 Å². The molecule has 0 spiro atoms. The highest BCUT2D eigenvalue weighted by Crippen LogP contribution is 2.05. The molecule has 1 rings (SSSR count). The van der Waals surface area contributed by atoms with Crippen LogP contribution < -0.4 is 0 Å². The summed E-state index contributed by atoms with van der Waals surface area (Å²) in [5.74, 6) is 0. The summed E-state index contributed by atoms with van der Waals surface area (Å²) in [7, 11) is 2.18. The first-order chi connectivity index (χ1) is 8.08. The van der Waals surface area contributed by atoms with Crippen LogP contribution in [-0.4, -0.2) is 49.6 Å². The number of terminal acetylenes is 1. The van der Waals surface area contributed by atoms with Gasteiger partial charge < -0.3 is 4.90 Å². The van der Waals surface area contributed by atoms with Crippen molar-refractivity contribution in [2.24, 2.45) is 0 Å². The summed E-state index contributed by atoms with van der Waals surface area (Å²) in [6.45, 7) is 9.83. The largest absolute Gasteiger partial charge is 0.304 e. The molecular weight excluding hydrogens is 232 g/mol. The normalized spacial score (nSPS) is 19.6. The summed E-state index contributed by atoms with van der Waals surface area (Å²) < 4.78 is 0. The van der Waals surface area contributed by atoms with E-state index < -0.39 is 0 Å². The molecular formula is C14H23ClN2. The Balaban J connectivity index is 0.00000121. The zero-order valence-corrected chi connectivity index (χ0v) is 11.9. The number of hydrogen-bond donors (Lipinski definition) is 0. The Hall–Kier alpha value is -0.750. The summed E-state index contributed by atoms with van der Waals surface area (Å²) in [4.78, 5) is 4.86. The van der Waals surface area contributed by atoms with E-state index in [0.29, 0.717) is 0 Å². The van der Waals surface area contributed by atoms with Crippen LogP contribution in [0.15, 0.2) is 22.8 Å². The fraction of sp³-hybridized carbons (Fsp3) is 0.571. The number of halogens is 1. The van der Waals surface area contributed by atoms with Crippen LogP contribution in [0, 0.1) is 12.8 Å². The van der Waals surface area contributed by atoms with E-state index in [1.54, 1.807) is 0 Å². The van der Waals surface area contributed by atoms with Gasteiger partial charge in [-0.3, -0.25) is 4.90 Å². The molecule has 1 saturated heterocycles. The van der Waals surface area contributed by atoms with Gasteiger partial charge >= 0.3 is 0 Å². The average Bonchev–Trinajstić information content (AvgIpc) is 2.32. The van der Waals surface area contributed by atoms with Crippen LogP contribution in [0.1, 0.15) is 13.8 Å². The second kappa shape index (κ2) is 9.30. The predicted octanol–water partition coefficient (Wildman–Crippen LogP) is 2.57. The summed E-state index contributed by atoms with van der Waals surface area (Å²) in [6, 6.07) is 0. The minimum absolute atomic E-state index is 0.840. The molecule has 0 aromatic carbocycles. The topological polar surface area (TPSA) is 6.48 Å². The van der Waals surface area contributed by atoms with Crippen molar-refractivity contribution in [3.63, 3.8) is 0 Å². The quantitative estimate of drug-likeness (QED) is 0.564. The third kappa shape index (κ3) is 8.04. The maximum Gasteiger partial charge on any atom is 0.0194 e. The van der Waals surface area contributed by atoms with E-state index in [1.807, 2.05) is 13.0 Å². The molecule has 0 N–H and O–H groups in total. The lowest BCUT2D eigenvalue weighted by molar-refractivity contribution is 0.164. The number of likely N-dealkylation sites (N-methyl/N-ethyl adjacent to an activating group) is 1. The first-order valence-corrected chi connectivity index (χ1v) is 6.19. The molecule has 0 aliphatic carbocycles. The van der Waals surface area contributed by atoms with Gasteiger partial charge in [0.15, 0.2) is 0 Å². The Morgan fingerprint density at radius 3 is 2.12 bits per heavy atom. The highest BCUT2D eigenvalue weighted by molar-refractivity contribution is 6.29. The minimum atomic E-state index is 0.840. The van der Waals surface area contributed by atoms with Crippen LogP contribution in [0.5, 0.6) is 0 Å². The van der Waals surface area contributed by atoms with Gasteiger partial charge in [0, 0.05) is 37.8 Å². The van der Waals surface area contributed by atoms with Crippen molar-refractivity contribution in [1.82, 2.24) is 9.80 Å². The molecule has 0 saturated carbocycles. The van der Waals surface area contributed by atoms with Crippen LogP contribution >= 0.6 is 11.6 Å². The predicted molar refractivity (Wildman–Crippen MR) is 77.2 cm³/mol. The van der Waals surface area contributed by atoms with Crippen molar-refractivity contribution in [3.05, 3.63) is 22.8 Å². The zero-order valence-electron chi connectivity index (χ0n) is 11.1. The molecule has 96 valence electrons. The van der Waals surface area contributed by atoms with E-state index in [1.165, 1.54) is 31.8 Å². The van der Waals surface area contributed by atoms with E-state index in [-0.39, 0.29) is 0 Å². The monoisotopic (exact) mass is 254 g/mol. The maximum atomic E-state index is 5.78. The average molecular weight is 255 g/mol. The van der Waals surface area contributed by atoms with Crippen molar-refractivity contribution < 1.29 is 0 Å². The number of allylic oxidation sites excluding steroid dienone is 3. The first kappa shape index (κ1) is 16.2. The van der Waals surface area contributed by atoms with Gasteiger partial charge in [-0.2, -0.15) is 0 Å². The van der Waals surface area contributed by atoms with E-state index in [9.17, 15) is 0 Å². The molecule has 3 heteroatoms. The molecule has 0 aromatic rings. The van der Waals surface area contributed by atoms with Gasteiger partial charge in [-0.05, 0) is 27.0 Å². The molecule has 2 nitrogen and oxygen atoms in total. The fourth-order valence-electron chi connectivity index (χ4n) is 1.67. The van der Waals surface area contributed by atoms with Gasteiger partial charge in [-0.15, -0.1) is 12.8 Å². The molecule has 0 bridgehead atoms. The molecule has 1 fully saturated rings. The molecule has 1 heterocycles. The lowest BCUT2D eigenvalue weighted by Gasteiger charge is -2.32. The van der Waals surface area contributed by atoms with E-state index >= 15 is 0 Å². The highest BCUT2D eigenvalue weighted by Gasteiger charge is 2.12. The fourth-order valence-corrected chi connectivity index (χ4v) is 1.73. The van der Waals surface area contributed by atoms with Gasteiger partial charge in [-0.1, -0.05) is 23.3 Å². The number of nitrogens with zero attached hydrogens (tertiary/aromatic N) is 2. The summed E-state index contributed by atoms with van der Waals surface area (Å²) >= 11 is 5.78. The van der Waals surface area contributed by atoms with Crippen molar-refractivity contribution in [1.29, 1.82) is 0 Å². The Morgan fingerprint density at radius 2 is 1.65 bits per heavy atom. The Morgan fingerprint density at radius 1 is 1.12 bits per heavy atom. The van der Waals surface area contributed by atoms with E-state index in [2.05, 4.69) is 42.7 Å². The highest BCUT2D eigenvalue weighted by atomic mass is 35.5. The van der Waals surface area contributed by atoms with Crippen molar-refractivity contribution >= 4 is 11.6 Å². The van der Waals surface area contributed by atoms with Crippen LogP contribution in [0.2, 0.25) is 0 Å². The number of piperazine rings is 1. The molecule has 1 aliphatic rings. The van der Waals surface area contributed by atoms with Crippen molar-refractivity contribution in [2.75, 3.05) is 39.8 Å². The molecule has 0 amide bonds. The van der Waals surface area contributed by atoms with Crippen LogP contribution in [0.4, 0.5) is 0 Å². The first-order valence-electron chi connectivity index (χ1n) is 5.81. The van der Waals surface area contributed by atoms with E-state index in [4.69, 9.17) is 11.6 Å². The maximum absolute atomic E-state index is 5.78. The van der Waals surface area contributed by atoms with Crippen LogP contribution in [0.3, 0.4) is 0 Å². The summed E-state index contributed by atoms with van der Waals surface area (Å²) in [6.07, 6.45) is 12.1. The summed E-state index contributed by atoms with van der Waals surface area (Å²) in [5, 5.41) is 0.840. The smallest absolute Gasteiger partial charge is 0.0194 e. The second-order valence-corrected chi connectivity index (χ2v) is 4.94. The third-order valence-electron chi connectivity index (χ3n) is 2.67. The van der Waals surface area contributed by atoms with Crippen molar-refractivity contribution in [3.8, 4) is 12.8 Å². The lowest BCUT2D eigenvalue weighted by Crippen LogP contribution is -2.44. The summed E-state index contributed by atoms with van der Waals surface area (Å²) in [5.41, 5.74) is 1.37. The van der Waals surface area contributed by atoms with Gasteiger partial charge in [0.05, 0.1) is 0 Å². The molecule has 0 atom stereocenters. The van der Waals surface area contributed by atoms with E-state index in [0.717, 1.165) is 11.6 Å². The third-order valence-corrected chi connectivity index (χ3v) is 2.79. The standard InChI is InChI=1S/C12H21ClN2.C2H2/c1-11(4-5-12(2)13)10-15-8-6-14(3)7-9-15;1-2/h4-5H,6-10H2,1-3H3;1-2H/b11-4+,12-5+;. The molecule has 0 aromatic heterocycles. The molecule has 0 unspecified atom stereocenters. The van der Waals surface area contributed by atoms with Gasteiger partial charge in [0.1, 0.15) is 0 Å². The van der Waals surface area contributed by atoms with Gasteiger partial charge in [0.25, 0.3) is 0 Å². The second-order valence-electron chi connectivity index (χ2n) is 4.35. The lowest BCUT2D eigenvalue weighted by atomic mass is 10.2. The van der Waals surface area contributed by atoms with Crippen LogP contribution in [-0.2, 0) is 0 Å². The van der Waals surface area contributed by atoms with Crippen molar-refractivity contribution in [2.45, 2.75) is 13.8 Å². The Kier molecular flexibility index (Phi) is 8.89.